The number of rotatable bonds is 4. The van der Waals surface area contributed by atoms with Gasteiger partial charge >= 0.3 is 0 Å². The smallest absolute Gasteiger partial charge is 0.279 e. The Morgan fingerprint density at radius 2 is 2.23 bits per heavy atom. The fourth-order valence-electron chi connectivity index (χ4n) is 3.14. The van der Waals surface area contributed by atoms with Crippen molar-refractivity contribution in [2.24, 2.45) is 0 Å². The van der Waals surface area contributed by atoms with Crippen LogP contribution in [0.5, 0.6) is 0 Å². The topological polar surface area (TPSA) is 71.3 Å². The van der Waals surface area contributed by atoms with Crippen LogP contribution >= 0.6 is 11.3 Å². The predicted octanol–water partition coefficient (Wildman–Crippen LogP) is 3.56. The van der Waals surface area contributed by atoms with Crippen molar-refractivity contribution in [2.45, 2.75) is 33.4 Å². The maximum atomic E-state index is 12.2. The zero-order chi connectivity index (χ0) is 18.1. The lowest BCUT2D eigenvalue weighted by Crippen LogP contribution is -2.29. The molecule has 134 valence electrons. The Balaban J connectivity index is 1.43. The SMILES string of the molecule is Cc1cccc(CN2CCc3nc(NC(=O)c4cc(C)on4)sc3C2)c1. The molecule has 0 unspecified atom stereocenters. The molecule has 1 aliphatic rings. The Morgan fingerprint density at radius 3 is 3.00 bits per heavy atom. The van der Waals surface area contributed by atoms with Crippen molar-refractivity contribution in [3.05, 3.63) is 63.5 Å². The highest BCUT2D eigenvalue weighted by molar-refractivity contribution is 7.15. The molecule has 0 atom stereocenters. The maximum Gasteiger partial charge on any atom is 0.279 e. The van der Waals surface area contributed by atoms with Crippen LogP contribution in [0.25, 0.3) is 0 Å². The average molecular weight is 368 g/mol. The number of carbonyl (C=O) groups is 1. The molecule has 1 aliphatic heterocycles. The highest BCUT2D eigenvalue weighted by Gasteiger charge is 2.22. The van der Waals surface area contributed by atoms with Gasteiger partial charge in [0, 0.05) is 37.0 Å². The van der Waals surface area contributed by atoms with Gasteiger partial charge in [-0.25, -0.2) is 4.98 Å². The van der Waals surface area contributed by atoms with Gasteiger partial charge in [0.25, 0.3) is 5.91 Å². The molecular weight excluding hydrogens is 348 g/mol. The van der Waals surface area contributed by atoms with Crippen LogP contribution in [-0.2, 0) is 19.5 Å². The Kier molecular flexibility index (Phi) is 4.57. The summed E-state index contributed by atoms with van der Waals surface area (Å²) >= 11 is 1.54. The second-order valence-electron chi connectivity index (χ2n) is 6.62. The molecule has 1 amide bonds. The Bertz CT molecular complexity index is 947. The first-order chi connectivity index (χ1) is 12.6. The van der Waals surface area contributed by atoms with E-state index in [1.807, 2.05) is 0 Å². The molecule has 0 spiro atoms. The summed E-state index contributed by atoms with van der Waals surface area (Å²) in [6.07, 6.45) is 0.899. The second kappa shape index (κ2) is 7.01. The Labute approximate surface area is 155 Å². The van der Waals surface area contributed by atoms with Crippen LogP contribution in [0.4, 0.5) is 5.13 Å². The molecule has 0 aliphatic carbocycles. The highest BCUT2D eigenvalue weighted by atomic mass is 32.1. The molecule has 1 aromatic carbocycles. The minimum Gasteiger partial charge on any atom is -0.361 e. The van der Waals surface area contributed by atoms with Crippen LogP contribution in [0.3, 0.4) is 0 Å². The molecule has 0 bridgehead atoms. The molecule has 7 heteroatoms. The number of thiazole rings is 1. The van der Waals surface area contributed by atoms with Crippen molar-refractivity contribution in [1.82, 2.24) is 15.0 Å². The normalized spacial score (nSPS) is 14.2. The summed E-state index contributed by atoms with van der Waals surface area (Å²) < 4.78 is 4.95. The van der Waals surface area contributed by atoms with Gasteiger partial charge in [0.05, 0.1) is 5.69 Å². The van der Waals surface area contributed by atoms with E-state index in [4.69, 9.17) is 4.52 Å². The lowest BCUT2D eigenvalue weighted by Gasteiger charge is -2.25. The number of carbonyl (C=O) groups excluding carboxylic acids is 1. The van der Waals surface area contributed by atoms with Crippen LogP contribution in [0.15, 0.2) is 34.9 Å². The van der Waals surface area contributed by atoms with Crippen molar-refractivity contribution in [3.63, 3.8) is 0 Å². The van der Waals surface area contributed by atoms with E-state index in [1.165, 1.54) is 27.3 Å². The number of aryl methyl sites for hydroxylation is 2. The van der Waals surface area contributed by atoms with Gasteiger partial charge in [-0.05, 0) is 19.4 Å². The summed E-state index contributed by atoms with van der Waals surface area (Å²) in [6.45, 7) is 6.64. The first-order valence-electron chi connectivity index (χ1n) is 8.58. The molecule has 4 rings (SSSR count). The summed E-state index contributed by atoms with van der Waals surface area (Å²) in [7, 11) is 0. The van der Waals surface area contributed by atoms with Gasteiger partial charge in [-0.15, -0.1) is 11.3 Å². The van der Waals surface area contributed by atoms with Crippen LogP contribution < -0.4 is 5.32 Å². The summed E-state index contributed by atoms with van der Waals surface area (Å²) in [6, 6.07) is 10.2. The average Bonchev–Trinajstić information content (AvgIpc) is 3.20. The van der Waals surface area contributed by atoms with Crippen molar-refractivity contribution < 1.29 is 9.32 Å². The van der Waals surface area contributed by atoms with Crippen molar-refractivity contribution in [1.29, 1.82) is 0 Å². The molecule has 2 aromatic heterocycles. The second-order valence-corrected chi connectivity index (χ2v) is 7.70. The quantitative estimate of drug-likeness (QED) is 0.762. The number of hydrogen-bond acceptors (Lipinski definition) is 6. The third kappa shape index (κ3) is 3.68. The summed E-state index contributed by atoms with van der Waals surface area (Å²) in [4.78, 5) is 20.4. The first kappa shape index (κ1) is 16.9. The molecule has 0 fully saturated rings. The number of nitrogens with one attached hydrogen (secondary N) is 1. The molecule has 3 aromatic rings. The van der Waals surface area contributed by atoms with Crippen LogP contribution in [0.2, 0.25) is 0 Å². The molecule has 1 N–H and O–H groups in total. The Morgan fingerprint density at radius 1 is 1.35 bits per heavy atom. The molecule has 0 saturated heterocycles. The monoisotopic (exact) mass is 368 g/mol. The van der Waals surface area contributed by atoms with Gasteiger partial charge in [-0.2, -0.15) is 0 Å². The largest absolute Gasteiger partial charge is 0.361 e. The van der Waals surface area contributed by atoms with Crippen molar-refractivity contribution in [3.8, 4) is 0 Å². The summed E-state index contributed by atoms with van der Waals surface area (Å²) in [5.41, 5.74) is 3.97. The minimum absolute atomic E-state index is 0.275. The Hall–Kier alpha value is -2.51. The van der Waals surface area contributed by atoms with E-state index in [1.54, 1.807) is 13.0 Å². The van der Waals surface area contributed by atoms with Gasteiger partial charge in [-0.1, -0.05) is 35.0 Å². The molecule has 0 radical (unpaired) electrons. The predicted molar refractivity (Wildman–Crippen MR) is 100 cm³/mol. The third-order valence-corrected chi connectivity index (χ3v) is 5.38. The van der Waals surface area contributed by atoms with Crippen molar-refractivity contribution >= 4 is 22.4 Å². The minimum atomic E-state index is -0.287. The highest BCUT2D eigenvalue weighted by Crippen LogP contribution is 2.29. The van der Waals surface area contributed by atoms with Crippen LogP contribution in [-0.4, -0.2) is 27.5 Å². The van der Waals surface area contributed by atoms with Crippen molar-refractivity contribution in [2.75, 3.05) is 11.9 Å². The maximum absolute atomic E-state index is 12.2. The van der Waals surface area contributed by atoms with E-state index < -0.39 is 0 Å². The number of anilines is 1. The lowest BCUT2D eigenvalue weighted by molar-refractivity contribution is 0.101. The number of fused-ring (bicyclic) bond motifs is 1. The van der Waals surface area contributed by atoms with E-state index >= 15 is 0 Å². The number of amides is 1. The van der Waals surface area contributed by atoms with E-state index in [2.05, 4.69) is 51.5 Å². The molecule has 3 heterocycles. The standard InChI is InChI=1S/C19H20N4O2S/c1-12-4-3-5-14(8-12)10-23-7-6-15-17(11-23)26-19(20-15)21-18(24)16-9-13(2)25-22-16/h3-5,8-9H,6-7,10-11H2,1-2H3,(H,20,21,24). The number of hydrogen-bond donors (Lipinski definition) is 1. The molecular formula is C19H20N4O2S. The lowest BCUT2D eigenvalue weighted by atomic mass is 10.1. The summed E-state index contributed by atoms with van der Waals surface area (Å²) in [5.74, 6) is 0.324. The molecule has 26 heavy (non-hydrogen) atoms. The zero-order valence-electron chi connectivity index (χ0n) is 14.8. The summed E-state index contributed by atoms with van der Waals surface area (Å²) in [5, 5.41) is 7.19. The van der Waals surface area contributed by atoms with Gasteiger partial charge in [0.15, 0.2) is 10.8 Å². The van der Waals surface area contributed by atoms with Gasteiger partial charge < -0.3 is 4.52 Å². The van der Waals surface area contributed by atoms with Gasteiger partial charge in [0.1, 0.15) is 5.76 Å². The molecule has 6 nitrogen and oxygen atoms in total. The number of benzene rings is 1. The van der Waals surface area contributed by atoms with E-state index in [0.29, 0.717) is 10.9 Å². The van der Waals surface area contributed by atoms with Crippen LogP contribution in [0, 0.1) is 13.8 Å². The van der Waals surface area contributed by atoms with Crippen LogP contribution in [0.1, 0.15) is 37.9 Å². The van der Waals surface area contributed by atoms with E-state index in [9.17, 15) is 4.79 Å². The van der Waals surface area contributed by atoms with Gasteiger partial charge in [-0.3, -0.25) is 15.0 Å². The first-order valence-corrected chi connectivity index (χ1v) is 9.39. The molecule has 0 saturated carbocycles. The van der Waals surface area contributed by atoms with Gasteiger partial charge in [0.2, 0.25) is 0 Å². The fourth-order valence-corrected chi connectivity index (χ4v) is 4.19. The number of nitrogens with zero attached hydrogens (tertiary/aromatic N) is 3. The van der Waals surface area contributed by atoms with E-state index in [0.717, 1.165) is 31.7 Å². The third-order valence-electron chi connectivity index (χ3n) is 4.38. The van der Waals surface area contributed by atoms with E-state index in [-0.39, 0.29) is 11.6 Å². The number of aromatic nitrogens is 2. The fraction of sp³-hybridized carbons (Fsp3) is 0.316. The zero-order valence-corrected chi connectivity index (χ0v) is 15.6.